The monoisotopic (exact) mass is 625 g/mol. The zero-order valence-corrected chi connectivity index (χ0v) is 26.6. The number of rotatable bonds is 11. The van der Waals surface area contributed by atoms with Gasteiger partial charge in [0.05, 0.1) is 23.0 Å². The number of benzene rings is 2. The van der Waals surface area contributed by atoms with Crippen LogP contribution in [0.15, 0.2) is 60.7 Å². The number of carbonyl (C=O) groups excluding carboxylic acids is 2. The van der Waals surface area contributed by atoms with E-state index in [2.05, 4.69) is 32.3 Å². The summed E-state index contributed by atoms with van der Waals surface area (Å²) in [5.74, 6) is -0.146. The summed E-state index contributed by atoms with van der Waals surface area (Å²) in [4.78, 5) is 51.8. The molecule has 0 bridgehead atoms. The summed E-state index contributed by atoms with van der Waals surface area (Å²) in [6.07, 6.45) is 3.84. The molecule has 6 rings (SSSR count). The molecule has 2 N–H and O–H groups in total. The molecule has 2 saturated heterocycles. The fourth-order valence-electron chi connectivity index (χ4n) is 7.44. The lowest BCUT2D eigenvalue weighted by Crippen LogP contribution is -2.37. The van der Waals surface area contributed by atoms with Gasteiger partial charge in [-0.05, 0) is 50.5 Å². The van der Waals surface area contributed by atoms with Crippen molar-refractivity contribution in [3.63, 3.8) is 0 Å². The average molecular weight is 626 g/mol. The summed E-state index contributed by atoms with van der Waals surface area (Å²) in [5, 5.41) is 13.1. The summed E-state index contributed by atoms with van der Waals surface area (Å²) in [7, 11) is 0. The van der Waals surface area contributed by atoms with E-state index in [0.29, 0.717) is 47.4 Å². The van der Waals surface area contributed by atoms with Crippen molar-refractivity contribution in [3.05, 3.63) is 88.7 Å². The van der Waals surface area contributed by atoms with Crippen LogP contribution < -0.4 is 10.1 Å². The first-order valence-corrected chi connectivity index (χ1v) is 16.4. The fraction of sp³-hybridized carbons (Fsp3) is 0.472. The lowest BCUT2D eigenvalue weighted by Gasteiger charge is -2.26. The lowest BCUT2D eigenvalue weighted by molar-refractivity contribution is -0.145. The van der Waals surface area contributed by atoms with Gasteiger partial charge >= 0.3 is 12.0 Å². The maximum Gasteiger partial charge on any atom is 0.349 e. The summed E-state index contributed by atoms with van der Waals surface area (Å²) >= 11 is 0. The van der Waals surface area contributed by atoms with Crippen LogP contribution in [0.2, 0.25) is 0 Å². The SMILES string of the molecule is Cc1nc(O[C@H](C(=O)O)c2ccccc2)nc(C)c1C(=O)N1CC2CN(CCC(NC(=O)C3CCCC3)c3ccccc3)CC2C1. The van der Waals surface area contributed by atoms with Gasteiger partial charge < -0.3 is 25.0 Å². The number of nitrogens with zero attached hydrogens (tertiary/aromatic N) is 4. The Hall–Kier alpha value is -4.31. The Balaban J connectivity index is 1.05. The number of amides is 2. The largest absolute Gasteiger partial charge is 0.478 e. The third-order valence-corrected chi connectivity index (χ3v) is 9.84. The normalized spacial score (nSPS) is 21.1. The van der Waals surface area contributed by atoms with Gasteiger partial charge in [0.15, 0.2) is 0 Å². The van der Waals surface area contributed by atoms with Gasteiger partial charge in [-0.15, -0.1) is 0 Å². The molecule has 1 saturated carbocycles. The van der Waals surface area contributed by atoms with E-state index in [-0.39, 0.29) is 29.8 Å². The van der Waals surface area contributed by atoms with Crippen molar-refractivity contribution in [1.82, 2.24) is 25.1 Å². The Labute approximate surface area is 270 Å². The number of hydrogen-bond acceptors (Lipinski definition) is 7. The Morgan fingerprint density at radius 2 is 1.43 bits per heavy atom. The molecule has 1 aromatic heterocycles. The third kappa shape index (κ3) is 7.07. The first kappa shape index (κ1) is 31.7. The Morgan fingerprint density at radius 1 is 0.870 bits per heavy atom. The van der Waals surface area contributed by atoms with Crippen molar-refractivity contribution in [2.45, 2.75) is 58.1 Å². The second-order valence-corrected chi connectivity index (χ2v) is 13.0. The van der Waals surface area contributed by atoms with Gasteiger partial charge in [-0.3, -0.25) is 9.59 Å². The van der Waals surface area contributed by atoms with Gasteiger partial charge in [-0.25, -0.2) is 4.79 Å². The first-order valence-electron chi connectivity index (χ1n) is 16.4. The van der Waals surface area contributed by atoms with Crippen LogP contribution in [0.3, 0.4) is 0 Å². The maximum absolute atomic E-state index is 13.7. The number of carbonyl (C=O) groups is 3. The maximum atomic E-state index is 13.7. The fourth-order valence-corrected chi connectivity index (χ4v) is 7.44. The van der Waals surface area contributed by atoms with Crippen molar-refractivity contribution in [2.75, 3.05) is 32.7 Å². The number of carboxylic acid groups (broad SMARTS) is 1. The number of aliphatic carboxylic acids is 1. The van der Waals surface area contributed by atoms with Crippen LogP contribution in [-0.4, -0.2) is 75.4 Å². The highest BCUT2D eigenvalue weighted by Gasteiger charge is 2.42. The molecule has 1 aliphatic carbocycles. The molecule has 2 aromatic carbocycles. The number of nitrogens with one attached hydrogen (secondary N) is 1. The van der Waals surface area contributed by atoms with Gasteiger partial charge in [0.25, 0.3) is 5.91 Å². The first-order chi connectivity index (χ1) is 22.3. The highest BCUT2D eigenvalue weighted by atomic mass is 16.5. The predicted octanol–water partition coefficient (Wildman–Crippen LogP) is 4.74. The minimum Gasteiger partial charge on any atom is -0.478 e. The molecule has 3 aromatic rings. The summed E-state index contributed by atoms with van der Waals surface area (Å²) < 4.78 is 5.70. The molecule has 0 radical (unpaired) electrons. The summed E-state index contributed by atoms with van der Waals surface area (Å²) in [6.45, 7) is 7.55. The molecule has 4 atom stereocenters. The number of aromatic nitrogens is 2. The molecule has 242 valence electrons. The number of fused-ring (bicyclic) bond motifs is 1. The van der Waals surface area contributed by atoms with Crippen LogP contribution in [0.4, 0.5) is 0 Å². The van der Waals surface area contributed by atoms with Crippen molar-refractivity contribution in [2.24, 2.45) is 17.8 Å². The van der Waals surface area contributed by atoms with E-state index in [0.717, 1.165) is 57.3 Å². The van der Waals surface area contributed by atoms with Crippen LogP contribution in [0.1, 0.15) is 77.1 Å². The smallest absolute Gasteiger partial charge is 0.349 e. The second kappa shape index (κ2) is 14.0. The summed E-state index contributed by atoms with van der Waals surface area (Å²) in [5.41, 5.74) is 3.01. The zero-order chi connectivity index (χ0) is 32.2. The Bertz CT molecular complexity index is 1510. The summed E-state index contributed by atoms with van der Waals surface area (Å²) in [6, 6.07) is 18.8. The van der Waals surface area contributed by atoms with Crippen molar-refractivity contribution in [3.8, 4) is 6.01 Å². The van der Waals surface area contributed by atoms with E-state index < -0.39 is 12.1 Å². The average Bonchev–Trinajstić information content (AvgIpc) is 3.80. The highest BCUT2D eigenvalue weighted by Crippen LogP contribution is 2.34. The van der Waals surface area contributed by atoms with Crippen LogP contribution >= 0.6 is 0 Å². The number of likely N-dealkylation sites (tertiary alicyclic amines) is 2. The third-order valence-electron chi connectivity index (χ3n) is 9.84. The van der Waals surface area contributed by atoms with E-state index in [1.165, 1.54) is 0 Å². The number of aryl methyl sites for hydroxylation is 2. The molecule has 3 aliphatic rings. The molecule has 10 heteroatoms. The molecule has 46 heavy (non-hydrogen) atoms. The molecular weight excluding hydrogens is 582 g/mol. The van der Waals surface area contributed by atoms with Crippen LogP contribution in [0.25, 0.3) is 0 Å². The van der Waals surface area contributed by atoms with Gasteiger partial charge in [0.1, 0.15) is 0 Å². The van der Waals surface area contributed by atoms with Crippen molar-refractivity contribution >= 4 is 17.8 Å². The zero-order valence-electron chi connectivity index (χ0n) is 26.6. The lowest BCUT2D eigenvalue weighted by atomic mass is 10.0. The standard InChI is InChI=1S/C36H43N5O5/c1-23-31(24(2)38-36(37-23)46-32(35(44)45)26-13-7-4-8-14-26)34(43)41-21-28-19-40(20-29(28)22-41)18-17-30(25-11-5-3-6-12-25)39-33(42)27-15-9-10-16-27/h3-8,11-14,27-30,32H,9-10,15-22H2,1-2H3,(H,39,42)(H,44,45)/t28?,29?,30?,32-/m0/s1. The number of ether oxygens (including phenoxy) is 1. The quantitative estimate of drug-likeness (QED) is 0.313. The molecular formula is C36H43N5O5. The topological polar surface area (TPSA) is 125 Å². The van der Waals surface area contributed by atoms with E-state index in [9.17, 15) is 19.5 Å². The van der Waals surface area contributed by atoms with Crippen LogP contribution in [-0.2, 0) is 9.59 Å². The van der Waals surface area contributed by atoms with E-state index in [1.807, 2.05) is 23.1 Å². The van der Waals surface area contributed by atoms with E-state index >= 15 is 0 Å². The molecule has 0 spiro atoms. The van der Waals surface area contributed by atoms with Gasteiger partial charge in [-0.1, -0.05) is 73.5 Å². The van der Waals surface area contributed by atoms with Gasteiger partial charge in [0.2, 0.25) is 12.0 Å². The molecule has 3 unspecified atom stereocenters. The highest BCUT2D eigenvalue weighted by molar-refractivity contribution is 5.96. The van der Waals surface area contributed by atoms with Crippen LogP contribution in [0, 0.1) is 31.6 Å². The number of carboxylic acids is 1. The van der Waals surface area contributed by atoms with E-state index in [1.54, 1.807) is 44.2 Å². The Kier molecular flexibility index (Phi) is 9.63. The molecule has 2 amide bonds. The second-order valence-electron chi connectivity index (χ2n) is 13.0. The molecule has 10 nitrogen and oxygen atoms in total. The molecule has 2 aliphatic heterocycles. The van der Waals surface area contributed by atoms with Crippen molar-refractivity contribution < 1.29 is 24.2 Å². The molecule has 3 fully saturated rings. The number of hydrogen-bond donors (Lipinski definition) is 2. The predicted molar refractivity (Wildman–Crippen MR) is 172 cm³/mol. The van der Waals surface area contributed by atoms with Crippen molar-refractivity contribution in [1.29, 1.82) is 0 Å². The Morgan fingerprint density at radius 3 is 2.00 bits per heavy atom. The molecule has 3 heterocycles. The van der Waals surface area contributed by atoms with E-state index in [4.69, 9.17) is 4.74 Å². The minimum atomic E-state index is -1.26. The van der Waals surface area contributed by atoms with Gasteiger partial charge in [0, 0.05) is 44.2 Å². The van der Waals surface area contributed by atoms with Gasteiger partial charge in [-0.2, -0.15) is 9.97 Å². The minimum absolute atomic E-state index is 0.0100. The van der Waals surface area contributed by atoms with Crippen LogP contribution in [0.5, 0.6) is 6.01 Å².